The zero-order chi connectivity index (χ0) is 18.6. The zero-order valence-electron chi connectivity index (χ0n) is 15.4. The number of nitrogens with zero attached hydrogens (tertiary/aromatic N) is 3. The second-order valence-electron chi connectivity index (χ2n) is 6.61. The molecule has 0 saturated carbocycles. The highest BCUT2D eigenvalue weighted by Gasteiger charge is 2.27. The summed E-state index contributed by atoms with van der Waals surface area (Å²) in [6.45, 7) is 3.33. The molecule has 2 aromatic carbocycles. The Labute approximate surface area is 159 Å². The number of rotatable bonds is 3. The van der Waals surface area contributed by atoms with Crippen molar-refractivity contribution >= 4 is 17.4 Å². The van der Waals surface area contributed by atoms with Gasteiger partial charge in [-0.2, -0.15) is 0 Å². The average Bonchev–Trinajstić information content (AvgIpc) is 2.89. The first-order valence-corrected chi connectivity index (χ1v) is 9.23. The van der Waals surface area contributed by atoms with Crippen LogP contribution in [0.25, 0.3) is 0 Å². The van der Waals surface area contributed by atoms with E-state index in [1.165, 1.54) is 0 Å². The summed E-state index contributed by atoms with van der Waals surface area (Å²) < 4.78 is 11.1. The number of hydrogen-bond donors (Lipinski definition) is 0. The van der Waals surface area contributed by atoms with E-state index in [-0.39, 0.29) is 5.91 Å². The van der Waals surface area contributed by atoms with Crippen LogP contribution < -0.4 is 4.74 Å². The van der Waals surface area contributed by atoms with Gasteiger partial charge in [0, 0.05) is 33.3 Å². The molecule has 0 unspecified atom stereocenters. The van der Waals surface area contributed by atoms with Crippen LogP contribution in [0.3, 0.4) is 0 Å². The van der Waals surface area contributed by atoms with Crippen molar-refractivity contribution in [2.75, 3.05) is 39.9 Å². The van der Waals surface area contributed by atoms with Crippen LogP contribution in [0.2, 0.25) is 0 Å². The summed E-state index contributed by atoms with van der Waals surface area (Å²) in [6, 6.07) is 15.8. The molecule has 0 aliphatic carbocycles. The van der Waals surface area contributed by atoms with Gasteiger partial charge in [0.1, 0.15) is 17.3 Å². The molecule has 0 atom stereocenters. The minimum atomic E-state index is 0.147. The molecule has 0 spiro atoms. The van der Waals surface area contributed by atoms with Crippen LogP contribution >= 0.6 is 0 Å². The first-order chi connectivity index (χ1) is 13.3. The summed E-state index contributed by atoms with van der Waals surface area (Å²) in [5, 5.41) is 0. The number of carbonyl (C=O) groups is 1. The Morgan fingerprint density at radius 3 is 2.52 bits per heavy atom. The van der Waals surface area contributed by atoms with Gasteiger partial charge < -0.3 is 19.3 Å². The monoisotopic (exact) mass is 365 g/mol. The van der Waals surface area contributed by atoms with E-state index in [0.29, 0.717) is 26.1 Å². The van der Waals surface area contributed by atoms with E-state index in [1.807, 2.05) is 53.4 Å². The lowest BCUT2D eigenvalue weighted by Gasteiger charge is -2.36. The summed E-state index contributed by atoms with van der Waals surface area (Å²) in [7, 11) is 1.62. The van der Waals surface area contributed by atoms with Crippen molar-refractivity contribution in [1.29, 1.82) is 0 Å². The Morgan fingerprint density at radius 2 is 1.74 bits per heavy atom. The first kappa shape index (κ1) is 17.5. The van der Waals surface area contributed by atoms with Crippen LogP contribution in [0.15, 0.2) is 53.5 Å². The summed E-state index contributed by atoms with van der Waals surface area (Å²) >= 11 is 0. The molecule has 1 fully saturated rings. The molecule has 1 amide bonds. The van der Waals surface area contributed by atoms with Gasteiger partial charge in [-0.25, -0.2) is 4.99 Å². The molecule has 27 heavy (non-hydrogen) atoms. The van der Waals surface area contributed by atoms with E-state index in [0.717, 1.165) is 41.7 Å². The van der Waals surface area contributed by atoms with Gasteiger partial charge in [-0.05, 0) is 24.3 Å². The first-order valence-electron chi connectivity index (χ1n) is 9.23. The molecule has 0 radical (unpaired) electrons. The largest absolute Gasteiger partial charge is 0.454 e. The molecular weight excluding hydrogens is 342 g/mol. The van der Waals surface area contributed by atoms with Gasteiger partial charge in [0.25, 0.3) is 0 Å². The summed E-state index contributed by atoms with van der Waals surface area (Å²) in [5.74, 6) is 2.61. The third-order valence-electron chi connectivity index (χ3n) is 4.89. The molecular formula is C21H23N3O3. The Hall–Kier alpha value is -2.86. The maximum atomic E-state index is 12.2. The highest BCUT2D eigenvalue weighted by atomic mass is 16.5. The smallest absolute Gasteiger partial charge is 0.225 e. The number of amides is 1. The van der Waals surface area contributed by atoms with E-state index < -0.39 is 0 Å². The number of methoxy groups -OCH3 is 1. The van der Waals surface area contributed by atoms with Crippen molar-refractivity contribution in [2.24, 2.45) is 4.99 Å². The fourth-order valence-corrected chi connectivity index (χ4v) is 3.43. The quantitative estimate of drug-likeness (QED) is 0.839. The molecule has 6 heteroatoms. The third-order valence-corrected chi connectivity index (χ3v) is 4.89. The van der Waals surface area contributed by atoms with Crippen LogP contribution in [-0.4, -0.2) is 61.4 Å². The molecule has 1 saturated heterocycles. The summed E-state index contributed by atoms with van der Waals surface area (Å²) in [6.07, 6.45) is 0.432. The Kier molecular flexibility index (Phi) is 5.07. The maximum Gasteiger partial charge on any atom is 0.225 e. The van der Waals surface area contributed by atoms with Crippen LogP contribution in [0.4, 0.5) is 5.69 Å². The van der Waals surface area contributed by atoms with Crippen LogP contribution in [0.1, 0.15) is 12.0 Å². The van der Waals surface area contributed by atoms with E-state index >= 15 is 0 Å². The molecule has 2 aliphatic rings. The Morgan fingerprint density at radius 1 is 1.04 bits per heavy atom. The number of para-hydroxylation sites is 3. The fraction of sp³-hybridized carbons (Fsp3) is 0.333. The van der Waals surface area contributed by atoms with Crippen molar-refractivity contribution < 1.29 is 14.3 Å². The predicted octanol–water partition coefficient (Wildman–Crippen LogP) is 3.05. The number of piperazine rings is 1. The maximum absolute atomic E-state index is 12.2. The van der Waals surface area contributed by atoms with E-state index in [4.69, 9.17) is 14.5 Å². The van der Waals surface area contributed by atoms with Gasteiger partial charge in [-0.15, -0.1) is 0 Å². The number of fused-ring (bicyclic) bond motifs is 2. The molecule has 140 valence electrons. The van der Waals surface area contributed by atoms with Crippen LogP contribution in [-0.2, 0) is 9.53 Å². The molecule has 0 bridgehead atoms. The van der Waals surface area contributed by atoms with Gasteiger partial charge >= 0.3 is 0 Å². The molecule has 2 heterocycles. The van der Waals surface area contributed by atoms with Gasteiger partial charge in [0.2, 0.25) is 5.91 Å². The highest BCUT2D eigenvalue weighted by molar-refractivity contribution is 6.03. The molecule has 4 rings (SSSR count). The van der Waals surface area contributed by atoms with Crippen molar-refractivity contribution in [3.8, 4) is 11.5 Å². The third kappa shape index (κ3) is 3.66. The second kappa shape index (κ2) is 7.80. The SMILES string of the molecule is COCCC(=O)N1CCN(C2=Nc3ccccc3Oc3ccccc32)CC1. The van der Waals surface area contributed by atoms with Gasteiger partial charge in [-0.1, -0.05) is 24.3 Å². The van der Waals surface area contributed by atoms with Crippen LogP contribution in [0.5, 0.6) is 11.5 Å². The minimum absolute atomic E-state index is 0.147. The summed E-state index contributed by atoms with van der Waals surface area (Å²) in [4.78, 5) is 21.3. The normalized spacial score (nSPS) is 16.0. The number of hydrogen-bond acceptors (Lipinski definition) is 5. The highest BCUT2D eigenvalue weighted by Crippen LogP contribution is 2.37. The Bertz CT molecular complexity index is 857. The number of amidine groups is 1. The molecule has 6 nitrogen and oxygen atoms in total. The Balaban J connectivity index is 1.58. The van der Waals surface area contributed by atoms with Gasteiger partial charge in [-0.3, -0.25) is 4.79 Å². The molecule has 0 aromatic heterocycles. The zero-order valence-corrected chi connectivity index (χ0v) is 15.4. The number of benzene rings is 2. The minimum Gasteiger partial charge on any atom is -0.454 e. The number of carbonyl (C=O) groups excluding carboxylic acids is 1. The van der Waals surface area contributed by atoms with Crippen molar-refractivity contribution in [3.05, 3.63) is 54.1 Å². The number of aliphatic imine (C=N–C) groups is 1. The van der Waals surface area contributed by atoms with E-state index in [1.54, 1.807) is 7.11 Å². The second-order valence-corrected chi connectivity index (χ2v) is 6.61. The average molecular weight is 365 g/mol. The van der Waals surface area contributed by atoms with Crippen LogP contribution in [0, 0.1) is 0 Å². The lowest BCUT2D eigenvalue weighted by molar-refractivity contribution is -0.133. The van der Waals surface area contributed by atoms with Gasteiger partial charge in [0.15, 0.2) is 5.75 Å². The van der Waals surface area contributed by atoms with Crippen molar-refractivity contribution in [3.63, 3.8) is 0 Å². The van der Waals surface area contributed by atoms with E-state index in [2.05, 4.69) is 4.90 Å². The molecule has 2 aliphatic heterocycles. The van der Waals surface area contributed by atoms with Gasteiger partial charge in [0.05, 0.1) is 18.6 Å². The van der Waals surface area contributed by atoms with E-state index in [9.17, 15) is 4.79 Å². The molecule has 0 N–H and O–H groups in total. The topological polar surface area (TPSA) is 54.4 Å². The number of ether oxygens (including phenoxy) is 2. The lowest BCUT2D eigenvalue weighted by Crippen LogP contribution is -2.50. The lowest BCUT2D eigenvalue weighted by atomic mass is 10.1. The summed E-state index contributed by atoms with van der Waals surface area (Å²) in [5.41, 5.74) is 1.80. The van der Waals surface area contributed by atoms with Crippen molar-refractivity contribution in [1.82, 2.24) is 9.80 Å². The fourth-order valence-electron chi connectivity index (χ4n) is 3.43. The molecule has 2 aromatic rings. The predicted molar refractivity (Wildman–Crippen MR) is 104 cm³/mol. The van der Waals surface area contributed by atoms with Crippen molar-refractivity contribution in [2.45, 2.75) is 6.42 Å². The standard InChI is InChI=1S/C21H23N3O3/c1-26-15-10-20(25)23-11-13-24(14-12-23)21-16-6-2-4-8-18(16)27-19-9-5-3-7-17(19)22-21/h2-9H,10-15H2,1H3.